The maximum Gasteiger partial charge on any atom is 0.262 e. The van der Waals surface area contributed by atoms with Gasteiger partial charge in [0, 0.05) is 11.9 Å². The second kappa shape index (κ2) is 5.83. The zero-order chi connectivity index (χ0) is 16.6. The quantitative estimate of drug-likeness (QED) is 0.759. The topological polar surface area (TPSA) is 58.2 Å². The third kappa shape index (κ3) is 2.61. The van der Waals surface area contributed by atoms with Gasteiger partial charge in [-0.1, -0.05) is 48.5 Å². The Morgan fingerprint density at radius 2 is 1.71 bits per heavy atom. The van der Waals surface area contributed by atoms with E-state index in [0.29, 0.717) is 10.6 Å². The number of para-hydroxylation sites is 1. The third-order valence-corrected chi connectivity index (χ3v) is 5.78. The number of hydrogen-bond acceptors (Lipinski definition) is 3. The van der Waals surface area contributed by atoms with Gasteiger partial charge in [0.05, 0.1) is 16.3 Å². The van der Waals surface area contributed by atoms with Crippen LogP contribution in [-0.4, -0.2) is 15.0 Å². The molecule has 4 nitrogen and oxygen atoms in total. The SMILES string of the molecule is O=S(=O)(Nc1cccc2c1NCCC2)c1cccc2ccccc12. The average molecular weight is 338 g/mol. The van der Waals surface area contributed by atoms with Gasteiger partial charge in [0.15, 0.2) is 0 Å². The predicted octanol–water partition coefficient (Wildman–Crippen LogP) is 4.00. The van der Waals surface area contributed by atoms with Gasteiger partial charge >= 0.3 is 0 Å². The zero-order valence-corrected chi connectivity index (χ0v) is 13.9. The lowest BCUT2D eigenvalue weighted by atomic mass is 10.0. The highest BCUT2D eigenvalue weighted by Crippen LogP contribution is 2.32. The van der Waals surface area contributed by atoms with Crippen molar-refractivity contribution in [2.24, 2.45) is 0 Å². The maximum atomic E-state index is 13.0. The summed E-state index contributed by atoms with van der Waals surface area (Å²) in [4.78, 5) is 0.300. The van der Waals surface area contributed by atoms with Gasteiger partial charge in [0.1, 0.15) is 0 Å². The van der Waals surface area contributed by atoms with E-state index in [1.54, 1.807) is 18.2 Å². The van der Waals surface area contributed by atoms with Crippen molar-refractivity contribution in [2.45, 2.75) is 17.7 Å². The van der Waals surface area contributed by atoms with E-state index in [0.717, 1.165) is 41.4 Å². The first-order valence-electron chi connectivity index (χ1n) is 8.01. The van der Waals surface area contributed by atoms with Gasteiger partial charge in [0.25, 0.3) is 10.0 Å². The third-order valence-electron chi connectivity index (χ3n) is 4.36. The molecule has 1 aliphatic heterocycles. The molecule has 3 aromatic carbocycles. The molecule has 1 aliphatic rings. The van der Waals surface area contributed by atoms with E-state index < -0.39 is 10.0 Å². The van der Waals surface area contributed by atoms with E-state index in [1.807, 2.05) is 42.5 Å². The number of sulfonamides is 1. The van der Waals surface area contributed by atoms with Crippen molar-refractivity contribution in [1.29, 1.82) is 0 Å². The molecular formula is C19H18N2O2S. The first kappa shape index (κ1) is 15.0. The highest BCUT2D eigenvalue weighted by molar-refractivity contribution is 7.93. The minimum atomic E-state index is -3.66. The van der Waals surface area contributed by atoms with Crippen LogP contribution >= 0.6 is 0 Å². The van der Waals surface area contributed by atoms with E-state index >= 15 is 0 Å². The van der Waals surface area contributed by atoms with E-state index in [9.17, 15) is 8.42 Å². The molecule has 0 aromatic heterocycles. The number of nitrogens with one attached hydrogen (secondary N) is 2. The molecule has 0 atom stereocenters. The maximum absolute atomic E-state index is 13.0. The predicted molar refractivity (Wildman–Crippen MR) is 98.0 cm³/mol. The molecule has 2 N–H and O–H groups in total. The molecule has 0 unspecified atom stereocenters. The number of rotatable bonds is 3. The second-order valence-corrected chi connectivity index (χ2v) is 7.60. The Balaban J connectivity index is 1.79. The molecule has 5 heteroatoms. The number of benzene rings is 3. The molecule has 0 amide bonds. The Kier molecular flexibility index (Phi) is 3.65. The Morgan fingerprint density at radius 1 is 0.917 bits per heavy atom. The molecule has 24 heavy (non-hydrogen) atoms. The fourth-order valence-corrected chi connectivity index (χ4v) is 4.53. The van der Waals surface area contributed by atoms with E-state index in [1.165, 1.54) is 0 Å². The number of anilines is 2. The van der Waals surface area contributed by atoms with Crippen LogP contribution in [0.25, 0.3) is 10.8 Å². The highest BCUT2D eigenvalue weighted by Gasteiger charge is 2.20. The molecule has 0 saturated heterocycles. The van der Waals surface area contributed by atoms with Crippen molar-refractivity contribution in [2.75, 3.05) is 16.6 Å². The van der Waals surface area contributed by atoms with Crippen LogP contribution in [0.1, 0.15) is 12.0 Å². The molecule has 0 bridgehead atoms. The van der Waals surface area contributed by atoms with Crippen molar-refractivity contribution in [3.63, 3.8) is 0 Å². The zero-order valence-electron chi connectivity index (χ0n) is 13.1. The summed E-state index contributed by atoms with van der Waals surface area (Å²) in [7, 11) is -3.66. The second-order valence-electron chi connectivity index (χ2n) is 5.95. The van der Waals surface area contributed by atoms with Gasteiger partial charge in [-0.05, 0) is 35.9 Å². The molecule has 3 aromatic rings. The highest BCUT2D eigenvalue weighted by atomic mass is 32.2. The molecule has 0 spiro atoms. The Morgan fingerprint density at radius 3 is 2.62 bits per heavy atom. The van der Waals surface area contributed by atoms with Crippen LogP contribution in [-0.2, 0) is 16.4 Å². The van der Waals surface area contributed by atoms with Gasteiger partial charge in [0.2, 0.25) is 0 Å². The van der Waals surface area contributed by atoms with Gasteiger partial charge in [-0.2, -0.15) is 0 Å². The van der Waals surface area contributed by atoms with E-state index in [-0.39, 0.29) is 0 Å². The number of aryl methyl sites for hydroxylation is 1. The summed E-state index contributed by atoms with van der Waals surface area (Å²) >= 11 is 0. The van der Waals surface area contributed by atoms with Crippen molar-refractivity contribution in [1.82, 2.24) is 0 Å². The summed E-state index contributed by atoms with van der Waals surface area (Å²) in [6, 6.07) is 18.6. The van der Waals surface area contributed by atoms with Crippen molar-refractivity contribution in [3.05, 3.63) is 66.2 Å². The van der Waals surface area contributed by atoms with Crippen molar-refractivity contribution < 1.29 is 8.42 Å². The summed E-state index contributed by atoms with van der Waals surface area (Å²) in [5.41, 5.74) is 2.66. The number of fused-ring (bicyclic) bond motifs is 2. The summed E-state index contributed by atoms with van der Waals surface area (Å²) in [6.07, 6.45) is 2.03. The van der Waals surface area contributed by atoms with Gasteiger partial charge in [-0.15, -0.1) is 0 Å². The smallest absolute Gasteiger partial charge is 0.262 e. The molecule has 0 radical (unpaired) electrons. The molecule has 4 rings (SSSR count). The minimum Gasteiger partial charge on any atom is -0.383 e. The van der Waals surface area contributed by atoms with Crippen LogP contribution in [0.4, 0.5) is 11.4 Å². The lowest BCUT2D eigenvalue weighted by Gasteiger charge is -2.22. The van der Waals surface area contributed by atoms with Crippen LogP contribution < -0.4 is 10.0 Å². The lowest BCUT2D eigenvalue weighted by Crippen LogP contribution is -2.18. The molecule has 0 saturated carbocycles. The first-order valence-corrected chi connectivity index (χ1v) is 9.50. The lowest BCUT2D eigenvalue weighted by molar-refractivity contribution is 0.602. The number of hydrogen-bond donors (Lipinski definition) is 2. The average Bonchev–Trinajstić information content (AvgIpc) is 2.61. The van der Waals surface area contributed by atoms with Crippen molar-refractivity contribution >= 4 is 32.2 Å². The summed E-state index contributed by atoms with van der Waals surface area (Å²) in [6.45, 7) is 0.861. The van der Waals surface area contributed by atoms with Gasteiger partial charge in [-0.25, -0.2) is 8.42 Å². The fraction of sp³-hybridized carbons (Fsp3) is 0.158. The first-order chi connectivity index (χ1) is 11.6. The Bertz CT molecular complexity index is 1010. The Hall–Kier alpha value is -2.53. The summed E-state index contributed by atoms with van der Waals surface area (Å²) in [5, 5.41) is 4.95. The molecular weight excluding hydrogens is 320 g/mol. The minimum absolute atomic E-state index is 0.300. The monoisotopic (exact) mass is 338 g/mol. The molecule has 1 heterocycles. The van der Waals surface area contributed by atoms with Crippen LogP contribution in [0.15, 0.2) is 65.6 Å². The standard InChI is InChI=1S/C19H18N2O2S/c22-24(23,18-12-4-7-14-6-1-2-10-16(14)18)21-17-11-3-8-15-9-5-13-20-19(15)17/h1-4,6-8,10-12,20-21H,5,9,13H2. The molecule has 122 valence electrons. The van der Waals surface area contributed by atoms with E-state index in [2.05, 4.69) is 10.0 Å². The normalized spacial score (nSPS) is 14.0. The summed E-state index contributed by atoms with van der Waals surface area (Å²) in [5.74, 6) is 0. The van der Waals surface area contributed by atoms with Gasteiger partial charge < -0.3 is 5.32 Å². The van der Waals surface area contributed by atoms with Crippen LogP contribution in [0.5, 0.6) is 0 Å². The van der Waals surface area contributed by atoms with E-state index in [4.69, 9.17) is 0 Å². The van der Waals surface area contributed by atoms with Crippen LogP contribution in [0, 0.1) is 0 Å². The Labute approximate surface area is 141 Å². The summed E-state index contributed by atoms with van der Waals surface area (Å²) < 4.78 is 28.7. The van der Waals surface area contributed by atoms with Crippen LogP contribution in [0.2, 0.25) is 0 Å². The fourth-order valence-electron chi connectivity index (χ4n) is 3.22. The molecule has 0 fully saturated rings. The van der Waals surface area contributed by atoms with Gasteiger partial charge in [-0.3, -0.25) is 4.72 Å². The largest absolute Gasteiger partial charge is 0.383 e. The van der Waals surface area contributed by atoms with Crippen LogP contribution in [0.3, 0.4) is 0 Å². The van der Waals surface area contributed by atoms with Crippen molar-refractivity contribution in [3.8, 4) is 0 Å². The molecule has 0 aliphatic carbocycles.